The molecule has 4 aromatic rings. The van der Waals surface area contributed by atoms with Gasteiger partial charge >= 0.3 is 11.2 Å². The van der Waals surface area contributed by atoms with Gasteiger partial charge in [0, 0.05) is 11.8 Å². The first-order chi connectivity index (χ1) is 17.0. The normalized spacial score (nSPS) is 11.9. The Labute approximate surface area is 202 Å². The smallest absolute Gasteiger partial charge is 0.493 e. The summed E-state index contributed by atoms with van der Waals surface area (Å²) in [6.45, 7) is -0.0311. The quantitative estimate of drug-likeness (QED) is 0.404. The van der Waals surface area contributed by atoms with E-state index in [1.165, 1.54) is 6.20 Å². The van der Waals surface area contributed by atoms with Crippen LogP contribution in [0.4, 0.5) is 19.0 Å². The Balaban J connectivity index is 1.56. The van der Waals surface area contributed by atoms with Gasteiger partial charge in [0.25, 0.3) is 15.7 Å². The molecule has 0 radical (unpaired) electrons. The molecule has 4 rings (SSSR count). The summed E-state index contributed by atoms with van der Waals surface area (Å²) in [4.78, 5) is 28.3. The highest BCUT2D eigenvalue weighted by Crippen LogP contribution is 2.30. The summed E-state index contributed by atoms with van der Waals surface area (Å²) < 4.78 is 63.3. The van der Waals surface area contributed by atoms with E-state index in [1.54, 1.807) is 42.5 Å². The standard InChI is InChI=1S/C23H17F3N4O5S/c24-23(25,26)36(34,35)18-8-6-17(7-9-18)30-20(31)14-29(22(30)33)13-15-10-11-27-19(12-15)28-21(32)16-4-2-1-3-5-16/h1-12,14,31H,13H2,(H,27,28,32). The van der Waals surface area contributed by atoms with Gasteiger partial charge in [-0.1, -0.05) is 18.2 Å². The summed E-state index contributed by atoms with van der Waals surface area (Å²) in [5.74, 6) is -0.658. The maximum Gasteiger partial charge on any atom is 0.501 e. The first-order valence-corrected chi connectivity index (χ1v) is 11.7. The fourth-order valence-corrected chi connectivity index (χ4v) is 4.12. The van der Waals surface area contributed by atoms with Gasteiger partial charge in [-0.15, -0.1) is 0 Å². The number of pyridine rings is 1. The molecule has 0 fully saturated rings. The predicted octanol–water partition coefficient (Wildman–Crippen LogP) is 3.33. The summed E-state index contributed by atoms with van der Waals surface area (Å²) in [5, 5.41) is 12.9. The second kappa shape index (κ2) is 9.34. The van der Waals surface area contributed by atoms with E-state index in [1.807, 2.05) is 0 Å². The van der Waals surface area contributed by atoms with E-state index in [-0.39, 0.29) is 24.0 Å². The Kier molecular flexibility index (Phi) is 6.41. The largest absolute Gasteiger partial charge is 0.501 e. The van der Waals surface area contributed by atoms with Crippen molar-refractivity contribution < 1.29 is 31.5 Å². The van der Waals surface area contributed by atoms with Crippen molar-refractivity contribution in [3.05, 3.63) is 101 Å². The van der Waals surface area contributed by atoms with Gasteiger partial charge in [0.2, 0.25) is 5.88 Å². The minimum Gasteiger partial charge on any atom is -0.493 e. The number of sulfone groups is 1. The monoisotopic (exact) mass is 518 g/mol. The third kappa shape index (κ3) is 4.86. The second-order valence-corrected chi connectivity index (χ2v) is 9.49. The molecule has 2 N–H and O–H groups in total. The van der Waals surface area contributed by atoms with Gasteiger partial charge < -0.3 is 10.4 Å². The number of benzene rings is 2. The number of aromatic hydroxyl groups is 1. The van der Waals surface area contributed by atoms with Gasteiger partial charge in [-0.3, -0.25) is 9.36 Å². The molecule has 2 aromatic carbocycles. The highest BCUT2D eigenvalue weighted by molar-refractivity contribution is 7.92. The van der Waals surface area contributed by atoms with Crippen LogP contribution in [0.25, 0.3) is 5.69 Å². The summed E-state index contributed by atoms with van der Waals surface area (Å²) in [6, 6.07) is 15.0. The van der Waals surface area contributed by atoms with Crippen molar-refractivity contribution in [1.29, 1.82) is 0 Å². The fourth-order valence-electron chi connectivity index (χ4n) is 3.36. The molecule has 0 unspecified atom stereocenters. The molecule has 0 saturated heterocycles. The third-order valence-electron chi connectivity index (χ3n) is 5.10. The van der Waals surface area contributed by atoms with E-state index >= 15 is 0 Å². The lowest BCUT2D eigenvalue weighted by Gasteiger charge is -2.09. The zero-order valence-electron chi connectivity index (χ0n) is 18.2. The number of carbonyl (C=O) groups excluding carboxylic acids is 1. The van der Waals surface area contributed by atoms with Crippen LogP contribution in [0, 0.1) is 0 Å². The van der Waals surface area contributed by atoms with E-state index in [0.717, 1.165) is 27.5 Å². The molecule has 9 nitrogen and oxygen atoms in total. The number of alkyl halides is 3. The van der Waals surface area contributed by atoms with Crippen LogP contribution in [0.15, 0.2) is 88.8 Å². The first-order valence-electron chi connectivity index (χ1n) is 10.2. The van der Waals surface area contributed by atoms with Gasteiger partial charge in [-0.05, 0) is 54.1 Å². The van der Waals surface area contributed by atoms with Gasteiger partial charge in [-0.25, -0.2) is 22.8 Å². The van der Waals surface area contributed by atoms with Crippen LogP contribution >= 0.6 is 0 Å². The zero-order chi connectivity index (χ0) is 26.1. The van der Waals surface area contributed by atoms with Crippen molar-refractivity contribution in [2.45, 2.75) is 16.9 Å². The molecular formula is C23H17F3N4O5S. The topological polar surface area (TPSA) is 123 Å². The van der Waals surface area contributed by atoms with Crippen LogP contribution in [0.2, 0.25) is 0 Å². The Bertz CT molecular complexity index is 1580. The predicted molar refractivity (Wildman–Crippen MR) is 123 cm³/mol. The number of aromatic nitrogens is 3. The van der Waals surface area contributed by atoms with Crippen molar-refractivity contribution >= 4 is 21.6 Å². The summed E-state index contributed by atoms with van der Waals surface area (Å²) in [5.41, 5.74) is -5.26. The van der Waals surface area contributed by atoms with Crippen LogP contribution in [-0.2, 0) is 16.4 Å². The Morgan fingerprint density at radius 3 is 2.33 bits per heavy atom. The maximum absolute atomic E-state index is 12.9. The molecule has 0 saturated carbocycles. The molecule has 13 heteroatoms. The molecule has 0 spiro atoms. The van der Waals surface area contributed by atoms with Crippen molar-refractivity contribution in [3.63, 3.8) is 0 Å². The van der Waals surface area contributed by atoms with Crippen LogP contribution in [-0.4, -0.2) is 39.1 Å². The molecule has 0 atom stereocenters. The maximum atomic E-state index is 12.9. The molecule has 0 aliphatic carbocycles. The Morgan fingerprint density at radius 2 is 1.69 bits per heavy atom. The van der Waals surface area contributed by atoms with E-state index in [4.69, 9.17) is 0 Å². The number of imidazole rings is 1. The fraction of sp³-hybridized carbons (Fsp3) is 0.0870. The van der Waals surface area contributed by atoms with Crippen LogP contribution in [0.5, 0.6) is 5.88 Å². The summed E-state index contributed by atoms with van der Waals surface area (Å²) in [6.07, 6.45) is 2.54. The third-order valence-corrected chi connectivity index (χ3v) is 6.60. The number of carbonyl (C=O) groups is 1. The van der Waals surface area contributed by atoms with Gasteiger partial charge in [0.1, 0.15) is 5.82 Å². The molecule has 36 heavy (non-hydrogen) atoms. The van der Waals surface area contributed by atoms with Crippen molar-refractivity contribution in [2.75, 3.05) is 5.32 Å². The van der Waals surface area contributed by atoms with E-state index < -0.39 is 31.8 Å². The van der Waals surface area contributed by atoms with Crippen molar-refractivity contribution in [1.82, 2.24) is 14.1 Å². The van der Waals surface area contributed by atoms with Crippen LogP contribution in [0.1, 0.15) is 15.9 Å². The number of nitrogens with zero attached hydrogens (tertiary/aromatic N) is 3. The number of hydrogen-bond acceptors (Lipinski definition) is 6. The summed E-state index contributed by atoms with van der Waals surface area (Å²) >= 11 is 0. The number of amides is 1. The summed E-state index contributed by atoms with van der Waals surface area (Å²) in [7, 11) is -5.55. The minimum absolute atomic E-state index is 0.0311. The lowest BCUT2D eigenvalue weighted by Crippen LogP contribution is -2.24. The Morgan fingerprint density at radius 1 is 1.03 bits per heavy atom. The first kappa shape index (κ1) is 24.7. The van der Waals surface area contributed by atoms with Crippen LogP contribution < -0.4 is 11.0 Å². The molecule has 1 amide bonds. The molecule has 2 heterocycles. The molecular weight excluding hydrogens is 501 g/mol. The van der Waals surface area contributed by atoms with E-state index in [9.17, 15) is 36.3 Å². The molecule has 0 aliphatic heterocycles. The number of rotatable bonds is 6. The SMILES string of the molecule is O=C(Nc1cc(Cn2cc(O)n(-c3ccc(S(=O)(=O)C(F)(F)F)cc3)c2=O)ccn1)c1ccccc1. The highest BCUT2D eigenvalue weighted by atomic mass is 32.2. The van der Waals surface area contributed by atoms with E-state index in [2.05, 4.69) is 10.3 Å². The lowest BCUT2D eigenvalue weighted by molar-refractivity contribution is -0.0436. The van der Waals surface area contributed by atoms with Gasteiger partial charge in [-0.2, -0.15) is 13.2 Å². The van der Waals surface area contributed by atoms with E-state index in [0.29, 0.717) is 23.3 Å². The number of hydrogen-bond donors (Lipinski definition) is 2. The molecule has 2 aromatic heterocycles. The minimum atomic E-state index is -5.55. The van der Waals surface area contributed by atoms with Gasteiger partial charge in [0.05, 0.1) is 23.3 Å². The zero-order valence-corrected chi connectivity index (χ0v) is 19.0. The number of halogens is 3. The van der Waals surface area contributed by atoms with Crippen LogP contribution in [0.3, 0.4) is 0 Å². The van der Waals surface area contributed by atoms with Gasteiger partial charge in [0.15, 0.2) is 0 Å². The average molecular weight is 518 g/mol. The van der Waals surface area contributed by atoms with Crippen molar-refractivity contribution in [3.8, 4) is 11.6 Å². The molecule has 0 aliphatic rings. The second-order valence-electron chi connectivity index (χ2n) is 7.55. The lowest BCUT2D eigenvalue weighted by atomic mass is 10.2. The molecule has 186 valence electrons. The Hall–Kier alpha value is -4.39. The average Bonchev–Trinajstić information content (AvgIpc) is 3.11. The highest BCUT2D eigenvalue weighted by Gasteiger charge is 2.46. The number of anilines is 1. The van der Waals surface area contributed by atoms with Crippen molar-refractivity contribution in [2.24, 2.45) is 0 Å². The molecule has 0 bridgehead atoms. The number of nitrogens with one attached hydrogen (secondary N) is 1.